The molecule has 1 amide bonds. The highest BCUT2D eigenvalue weighted by Crippen LogP contribution is 2.35. The van der Waals surface area contributed by atoms with Crippen LogP contribution in [0, 0.1) is 19.8 Å². The van der Waals surface area contributed by atoms with E-state index in [9.17, 15) is 19.5 Å². The van der Waals surface area contributed by atoms with Gasteiger partial charge in [-0.3, -0.25) is 9.59 Å². The number of anilines is 1. The SMILES string of the molecule is Cc1cc([C@@H](C)Nc2ccccc2C(=O)O)c2oc(C3=CCN(C(=O)C4CC4)CC3)c(C)c(=O)c2c1. The first kappa shape index (κ1) is 23.9. The normalized spacial score (nSPS) is 16.5. The van der Waals surface area contributed by atoms with Gasteiger partial charge in [-0.25, -0.2) is 4.79 Å². The van der Waals surface area contributed by atoms with E-state index in [0.717, 1.165) is 29.5 Å². The van der Waals surface area contributed by atoms with Crippen LogP contribution in [0.5, 0.6) is 0 Å². The predicted molar refractivity (Wildman–Crippen MR) is 139 cm³/mol. The second-order valence-corrected chi connectivity index (χ2v) is 9.87. The second kappa shape index (κ2) is 9.30. The summed E-state index contributed by atoms with van der Waals surface area (Å²) in [6.45, 7) is 6.78. The number of rotatable bonds is 6. The van der Waals surface area contributed by atoms with Crippen LogP contribution in [-0.2, 0) is 4.79 Å². The van der Waals surface area contributed by atoms with Crippen LogP contribution in [0.4, 0.5) is 5.69 Å². The van der Waals surface area contributed by atoms with Crippen molar-refractivity contribution in [3.05, 3.63) is 80.7 Å². The zero-order valence-electron chi connectivity index (χ0n) is 20.8. The zero-order chi connectivity index (χ0) is 25.6. The minimum atomic E-state index is -1.01. The molecule has 0 radical (unpaired) electrons. The summed E-state index contributed by atoms with van der Waals surface area (Å²) >= 11 is 0. The van der Waals surface area contributed by atoms with Crippen molar-refractivity contribution in [2.75, 3.05) is 18.4 Å². The van der Waals surface area contributed by atoms with Crippen molar-refractivity contribution in [1.29, 1.82) is 0 Å². The van der Waals surface area contributed by atoms with Crippen molar-refractivity contribution in [2.24, 2.45) is 5.92 Å². The molecule has 0 saturated heterocycles. The number of hydrogen-bond acceptors (Lipinski definition) is 5. The Hall–Kier alpha value is -3.87. The number of nitrogens with one attached hydrogen (secondary N) is 1. The Balaban J connectivity index is 1.54. The van der Waals surface area contributed by atoms with Gasteiger partial charge in [0.05, 0.1) is 17.0 Å². The van der Waals surface area contributed by atoms with Crippen molar-refractivity contribution >= 4 is 34.1 Å². The molecule has 36 heavy (non-hydrogen) atoms. The van der Waals surface area contributed by atoms with Crippen LogP contribution in [0.25, 0.3) is 16.5 Å². The van der Waals surface area contributed by atoms with E-state index in [2.05, 4.69) is 5.32 Å². The standard InChI is InChI=1S/C29H30N2O5/c1-16-14-22(18(3)30-24-7-5-4-6-21(24)29(34)35)27-23(15-16)25(32)17(2)26(36-27)19-10-12-31(13-11-19)28(33)20-8-9-20/h4-7,10,14-15,18,20,30H,8-9,11-13H2,1-3H3,(H,34,35)/t18-/m1/s1. The molecule has 1 aliphatic heterocycles. The maximum Gasteiger partial charge on any atom is 0.337 e. The topological polar surface area (TPSA) is 99.8 Å². The molecule has 1 atom stereocenters. The van der Waals surface area contributed by atoms with Gasteiger partial charge in [0.2, 0.25) is 5.91 Å². The summed E-state index contributed by atoms with van der Waals surface area (Å²) in [5.74, 6) is -0.0378. The van der Waals surface area contributed by atoms with Crippen LogP contribution in [-0.4, -0.2) is 35.0 Å². The van der Waals surface area contributed by atoms with Gasteiger partial charge in [0, 0.05) is 35.8 Å². The fourth-order valence-electron chi connectivity index (χ4n) is 4.97. The highest BCUT2D eigenvalue weighted by Gasteiger charge is 2.34. The Bertz CT molecular complexity index is 1460. The van der Waals surface area contributed by atoms with E-state index in [-0.39, 0.29) is 28.9 Å². The molecule has 3 aromatic rings. The van der Waals surface area contributed by atoms with Gasteiger partial charge in [-0.15, -0.1) is 0 Å². The summed E-state index contributed by atoms with van der Waals surface area (Å²) in [6, 6.07) is 10.2. The van der Waals surface area contributed by atoms with E-state index in [0.29, 0.717) is 47.5 Å². The van der Waals surface area contributed by atoms with E-state index in [1.165, 1.54) is 0 Å². The number of hydrogen-bond donors (Lipinski definition) is 2. The Labute approximate surface area is 209 Å². The van der Waals surface area contributed by atoms with E-state index < -0.39 is 5.97 Å². The predicted octanol–water partition coefficient (Wildman–Crippen LogP) is 5.31. The van der Waals surface area contributed by atoms with Gasteiger partial charge >= 0.3 is 5.97 Å². The number of amides is 1. The fourth-order valence-corrected chi connectivity index (χ4v) is 4.97. The number of carbonyl (C=O) groups is 2. The molecule has 0 unspecified atom stereocenters. The molecule has 1 aromatic heterocycles. The fraction of sp³-hybridized carbons (Fsp3) is 0.345. The number of aromatic carboxylic acids is 1. The van der Waals surface area contributed by atoms with Gasteiger partial charge in [-0.1, -0.05) is 24.3 Å². The van der Waals surface area contributed by atoms with E-state index >= 15 is 0 Å². The summed E-state index contributed by atoms with van der Waals surface area (Å²) in [5, 5.41) is 13.4. The van der Waals surface area contributed by atoms with Gasteiger partial charge < -0.3 is 19.7 Å². The molecular formula is C29H30N2O5. The molecule has 0 spiro atoms. The van der Waals surface area contributed by atoms with Crippen LogP contribution in [0.15, 0.2) is 51.7 Å². The average molecular weight is 487 g/mol. The van der Waals surface area contributed by atoms with E-state index in [1.54, 1.807) is 31.2 Å². The molecule has 1 aliphatic carbocycles. The third kappa shape index (κ3) is 4.41. The van der Waals surface area contributed by atoms with Crippen molar-refractivity contribution in [1.82, 2.24) is 4.90 Å². The summed E-state index contributed by atoms with van der Waals surface area (Å²) in [7, 11) is 0. The molecule has 2 heterocycles. The van der Waals surface area contributed by atoms with Gasteiger partial charge in [0.15, 0.2) is 5.43 Å². The third-order valence-corrected chi connectivity index (χ3v) is 7.13. The maximum atomic E-state index is 13.4. The Kier molecular flexibility index (Phi) is 6.16. The third-order valence-electron chi connectivity index (χ3n) is 7.13. The summed E-state index contributed by atoms with van der Waals surface area (Å²) in [6.07, 6.45) is 4.60. The lowest BCUT2D eigenvalue weighted by molar-refractivity contribution is -0.132. The highest BCUT2D eigenvalue weighted by molar-refractivity contribution is 5.94. The summed E-state index contributed by atoms with van der Waals surface area (Å²) < 4.78 is 6.46. The van der Waals surface area contributed by atoms with E-state index in [1.807, 2.05) is 37.0 Å². The number of para-hydroxylation sites is 1. The number of nitrogens with zero attached hydrogens (tertiary/aromatic N) is 1. The van der Waals surface area contributed by atoms with Crippen molar-refractivity contribution in [2.45, 2.75) is 46.1 Å². The average Bonchev–Trinajstić information content (AvgIpc) is 3.71. The molecule has 2 aromatic carbocycles. The van der Waals surface area contributed by atoms with Crippen molar-refractivity contribution in [3.8, 4) is 0 Å². The number of carbonyl (C=O) groups excluding carboxylic acids is 1. The lowest BCUT2D eigenvalue weighted by atomic mass is 9.97. The minimum absolute atomic E-state index is 0.0771. The number of carboxylic acids is 1. The minimum Gasteiger partial charge on any atom is -0.478 e. The molecule has 1 fully saturated rings. The van der Waals surface area contributed by atoms with Gasteiger partial charge in [-0.05, 0) is 69.4 Å². The van der Waals surface area contributed by atoms with Crippen LogP contribution < -0.4 is 10.7 Å². The second-order valence-electron chi connectivity index (χ2n) is 9.87. The molecule has 5 rings (SSSR count). The zero-order valence-corrected chi connectivity index (χ0v) is 20.8. The van der Waals surface area contributed by atoms with Crippen molar-refractivity contribution in [3.63, 3.8) is 0 Å². The summed E-state index contributed by atoms with van der Waals surface area (Å²) in [5.41, 5.74) is 4.30. The number of carboxylic acid groups (broad SMARTS) is 1. The molecule has 186 valence electrons. The smallest absolute Gasteiger partial charge is 0.337 e. The highest BCUT2D eigenvalue weighted by atomic mass is 16.4. The number of fused-ring (bicyclic) bond motifs is 1. The molecule has 0 bridgehead atoms. The van der Waals surface area contributed by atoms with Crippen LogP contribution >= 0.6 is 0 Å². The molecule has 1 saturated carbocycles. The Morgan fingerprint density at radius 1 is 1.17 bits per heavy atom. The number of aryl methyl sites for hydroxylation is 1. The van der Waals surface area contributed by atoms with Crippen molar-refractivity contribution < 1.29 is 19.1 Å². The molecule has 7 heteroatoms. The summed E-state index contributed by atoms with van der Waals surface area (Å²) in [4.78, 5) is 39.5. The van der Waals surface area contributed by atoms with Crippen LogP contribution in [0.2, 0.25) is 0 Å². The van der Waals surface area contributed by atoms with Crippen LogP contribution in [0.3, 0.4) is 0 Å². The lowest BCUT2D eigenvalue weighted by Gasteiger charge is -2.27. The number of benzene rings is 2. The Morgan fingerprint density at radius 2 is 1.92 bits per heavy atom. The quantitative estimate of drug-likeness (QED) is 0.490. The molecule has 7 nitrogen and oxygen atoms in total. The largest absolute Gasteiger partial charge is 0.478 e. The molecule has 2 aliphatic rings. The first-order valence-electron chi connectivity index (χ1n) is 12.4. The van der Waals surface area contributed by atoms with Crippen LogP contribution in [0.1, 0.15) is 65.0 Å². The molecule has 2 N–H and O–H groups in total. The first-order valence-corrected chi connectivity index (χ1v) is 12.4. The first-order chi connectivity index (χ1) is 17.2. The molecular weight excluding hydrogens is 456 g/mol. The van der Waals surface area contributed by atoms with Gasteiger partial charge in [0.1, 0.15) is 11.3 Å². The van der Waals surface area contributed by atoms with Gasteiger partial charge in [0.25, 0.3) is 0 Å². The Morgan fingerprint density at radius 3 is 2.58 bits per heavy atom. The van der Waals surface area contributed by atoms with Gasteiger partial charge in [-0.2, -0.15) is 0 Å². The maximum absolute atomic E-state index is 13.4. The lowest BCUT2D eigenvalue weighted by Crippen LogP contribution is -2.35. The monoisotopic (exact) mass is 486 g/mol. The van der Waals surface area contributed by atoms with E-state index in [4.69, 9.17) is 4.42 Å².